The fourth-order valence-corrected chi connectivity index (χ4v) is 32.4. The Labute approximate surface area is 91.4 Å². The maximum atomic E-state index is 1.80. The predicted octanol–water partition coefficient (Wildman–Crippen LogP) is 2.54. The first-order chi connectivity index (χ1) is 5.41. The summed E-state index contributed by atoms with van der Waals surface area (Å²) in [6.45, 7) is 0. The van der Waals surface area contributed by atoms with Crippen molar-refractivity contribution < 1.29 is 0 Å². The second kappa shape index (κ2) is 4.35. The van der Waals surface area contributed by atoms with E-state index in [9.17, 15) is 0 Å². The Morgan fingerprint density at radius 1 is 0.636 bits per heavy atom. The van der Waals surface area contributed by atoms with Crippen LogP contribution in [-0.4, -0.2) is 50.4 Å². The van der Waals surface area contributed by atoms with Gasteiger partial charge in [0.1, 0.15) is 0 Å². The second-order valence-corrected chi connectivity index (χ2v) is 17.6. The molecular weight excluding hydrogens is 362 g/mol. The first kappa shape index (κ1) is 9.37. The fourth-order valence-electron chi connectivity index (χ4n) is 2.41. The summed E-state index contributed by atoms with van der Waals surface area (Å²) >= 11 is 0.489. The van der Waals surface area contributed by atoms with E-state index in [1.807, 2.05) is 0 Å². The summed E-state index contributed by atoms with van der Waals surface area (Å²) in [6, 6.07) is 7.22. The van der Waals surface area contributed by atoms with E-state index in [0.717, 1.165) is 0 Å². The van der Waals surface area contributed by atoms with Crippen LogP contribution in [0.25, 0.3) is 0 Å². The van der Waals surface area contributed by atoms with Gasteiger partial charge in [-0.15, -0.1) is 0 Å². The average molecular weight is 378 g/mol. The third-order valence-electron chi connectivity index (χ3n) is 3.33. The van der Waals surface area contributed by atoms with Crippen LogP contribution in [0.1, 0.15) is 0 Å². The van der Waals surface area contributed by atoms with Crippen LogP contribution in [0.2, 0.25) is 41.9 Å². The van der Waals surface area contributed by atoms with E-state index in [4.69, 9.17) is 0 Å². The standard InChI is InChI=1S/C8H16Si.2Sn/c1-5-9(6-2,7-3)8-4;;/h1-8H2;;. The molecule has 2 aliphatic heterocycles. The summed E-state index contributed by atoms with van der Waals surface area (Å²) in [5.41, 5.74) is 0. The molecule has 2 rings (SSSR count). The van der Waals surface area contributed by atoms with Gasteiger partial charge in [0.15, 0.2) is 0 Å². The molecule has 60 valence electrons. The van der Waals surface area contributed by atoms with Gasteiger partial charge in [0, 0.05) is 0 Å². The maximum absolute atomic E-state index is 1.80. The van der Waals surface area contributed by atoms with Crippen molar-refractivity contribution in [3.8, 4) is 0 Å². The van der Waals surface area contributed by atoms with Gasteiger partial charge in [-0.2, -0.15) is 0 Å². The van der Waals surface area contributed by atoms with Gasteiger partial charge in [0.2, 0.25) is 0 Å². The van der Waals surface area contributed by atoms with Crippen molar-refractivity contribution in [1.29, 1.82) is 0 Å². The SMILES string of the molecule is [CH2]1C[Si]2(C[CH2][Sn]1)C[CH2][Sn][CH2]C2. The first-order valence-corrected chi connectivity index (χ1v) is 15.7. The molecule has 4 radical (unpaired) electrons. The van der Waals surface area contributed by atoms with Crippen molar-refractivity contribution in [1.82, 2.24) is 0 Å². The van der Waals surface area contributed by atoms with Crippen molar-refractivity contribution in [2.75, 3.05) is 0 Å². The third-order valence-corrected chi connectivity index (χ3v) is 21.2. The van der Waals surface area contributed by atoms with Crippen molar-refractivity contribution in [2.45, 2.75) is 41.9 Å². The molecule has 0 aromatic heterocycles. The van der Waals surface area contributed by atoms with Gasteiger partial charge in [-0.05, 0) is 0 Å². The molecule has 0 amide bonds. The van der Waals surface area contributed by atoms with Crippen LogP contribution >= 0.6 is 0 Å². The molecule has 0 aliphatic carbocycles. The molecule has 0 N–H and O–H groups in total. The molecule has 1 spiro atoms. The minimum absolute atomic E-state index is 0.245. The normalized spacial score (nSPS) is 30.5. The summed E-state index contributed by atoms with van der Waals surface area (Å²) in [5, 5.41) is 0. The van der Waals surface area contributed by atoms with E-state index in [0.29, 0.717) is 0 Å². The van der Waals surface area contributed by atoms with Crippen LogP contribution in [-0.2, 0) is 0 Å². The van der Waals surface area contributed by atoms with Crippen molar-refractivity contribution in [3.63, 3.8) is 0 Å². The molecular formula is C8H16SiSn2. The Bertz CT molecular complexity index is 107. The molecule has 0 unspecified atom stereocenters. The molecule has 2 aliphatic rings. The Morgan fingerprint density at radius 3 is 1.36 bits per heavy atom. The van der Waals surface area contributed by atoms with Crippen molar-refractivity contribution in [3.05, 3.63) is 0 Å². The van der Waals surface area contributed by atoms with E-state index in [1.165, 1.54) is 0 Å². The molecule has 0 atom stereocenters. The molecule has 0 bridgehead atoms. The van der Waals surface area contributed by atoms with Gasteiger partial charge >= 0.3 is 92.3 Å². The molecule has 3 heteroatoms. The van der Waals surface area contributed by atoms with Crippen LogP contribution in [0.5, 0.6) is 0 Å². The van der Waals surface area contributed by atoms with Gasteiger partial charge in [-0.25, -0.2) is 0 Å². The van der Waals surface area contributed by atoms with E-state index in [1.54, 1.807) is 41.9 Å². The van der Waals surface area contributed by atoms with E-state index < -0.39 is 8.07 Å². The Kier molecular flexibility index (Phi) is 3.71. The van der Waals surface area contributed by atoms with Crippen LogP contribution in [0.3, 0.4) is 0 Å². The number of hydrogen-bond donors (Lipinski definition) is 0. The zero-order chi connectivity index (χ0) is 7.57. The van der Waals surface area contributed by atoms with Gasteiger partial charge in [0.25, 0.3) is 0 Å². The molecule has 0 aromatic rings. The summed E-state index contributed by atoms with van der Waals surface area (Å²) in [7, 11) is -0.485. The summed E-state index contributed by atoms with van der Waals surface area (Å²) in [6.07, 6.45) is 0. The summed E-state index contributed by atoms with van der Waals surface area (Å²) < 4.78 is 7.11. The van der Waals surface area contributed by atoms with Crippen molar-refractivity contribution in [2.24, 2.45) is 0 Å². The van der Waals surface area contributed by atoms with E-state index in [2.05, 4.69) is 0 Å². The first-order valence-electron chi connectivity index (χ1n) is 4.83. The van der Waals surface area contributed by atoms with Crippen molar-refractivity contribution >= 4 is 50.4 Å². The van der Waals surface area contributed by atoms with Crippen LogP contribution in [0, 0.1) is 0 Å². The molecule has 2 saturated heterocycles. The molecule has 2 fully saturated rings. The van der Waals surface area contributed by atoms with Gasteiger partial charge < -0.3 is 0 Å². The van der Waals surface area contributed by atoms with Gasteiger partial charge in [-0.3, -0.25) is 0 Å². The zero-order valence-electron chi connectivity index (χ0n) is 7.16. The van der Waals surface area contributed by atoms with Crippen LogP contribution in [0.4, 0.5) is 0 Å². The average Bonchev–Trinajstić information content (AvgIpc) is 2.07. The van der Waals surface area contributed by atoms with Gasteiger partial charge in [0.05, 0.1) is 0 Å². The quantitative estimate of drug-likeness (QED) is 0.569. The van der Waals surface area contributed by atoms with E-state index in [-0.39, 0.29) is 42.3 Å². The molecule has 0 saturated carbocycles. The predicted molar refractivity (Wildman–Crippen MR) is 55.7 cm³/mol. The number of hydrogen-bond acceptors (Lipinski definition) is 0. The molecule has 0 aromatic carbocycles. The minimum atomic E-state index is -0.485. The molecule has 0 nitrogen and oxygen atoms in total. The third kappa shape index (κ3) is 2.39. The van der Waals surface area contributed by atoms with Gasteiger partial charge in [-0.1, -0.05) is 0 Å². The topological polar surface area (TPSA) is 0 Å². The number of rotatable bonds is 0. The fraction of sp³-hybridized carbons (Fsp3) is 1.00. The van der Waals surface area contributed by atoms with Crippen LogP contribution in [0.15, 0.2) is 0 Å². The molecule has 2 heterocycles. The summed E-state index contributed by atoms with van der Waals surface area (Å²) in [5.74, 6) is 0. The van der Waals surface area contributed by atoms with E-state index >= 15 is 0 Å². The summed E-state index contributed by atoms with van der Waals surface area (Å²) in [4.78, 5) is 0. The zero-order valence-corrected chi connectivity index (χ0v) is 13.9. The molecule has 11 heavy (non-hydrogen) atoms. The monoisotopic (exact) mass is 380 g/mol. The Hall–Kier alpha value is 1.81. The Morgan fingerprint density at radius 2 is 1.00 bits per heavy atom. The van der Waals surface area contributed by atoms with Crippen LogP contribution < -0.4 is 0 Å². The Balaban J connectivity index is 1.94. The second-order valence-electron chi connectivity index (χ2n) is 4.00.